The maximum Gasteiger partial charge on any atom is 0.241 e. The fourth-order valence-electron chi connectivity index (χ4n) is 2.63. The highest BCUT2D eigenvalue weighted by Gasteiger charge is 2.17. The van der Waals surface area contributed by atoms with Crippen molar-refractivity contribution in [1.29, 1.82) is 0 Å². The minimum Gasteiger partial charge on any atom is -0.267 e. The molecule has 3 aromatic heterocycles. The Morgan fingerprint density at radius 2 is 1.84 bits per heavy atom. The van der Waals surface area contributed by atoms with Crippen molar-refractivity contribution in [2.45, 2.75) is 0 Å². The van der Waals surface area contributed by atoms with Crippen molar-refractivity contribution in [2.24, 2.45) is 10.2 Å². The van der Waals surface area contributed by atoms with Gasteiger partial charge in [0, 0.05) is 10.8 Å². The van der Waals surface area contributed by atoms with Crippen LogP contribution in [0.25, 0.3) is 33.1 Å². The first kappa shape index (κ1) is 13.9. The number of H-pyrrole nitrogens is 1. The van der Waals surface area contributed by atoms with E-state index in [-0.39, 0.29) is 5.15 Å². The smallest absolute Gasteiger partial charge is 0.241 e. The second-order valence-electron chi connectivity index (χ2n) is 5.17. The maximum absolute atomic E-state index is 5.83. The summed E-state index contributed by atoms with van der Waals surface area (Å²) >= 11 is 5.83. The molecule has 25 heavy (non-hydrogen) atoms. The number of halogens is 1. The third kappa shape index (κ3) is 2.21. The lowest BCUT2D eigenvalue weighted by atomic mass is 10.2. The van der Waals surface area contributed by atoms with Crippen molar-refractivity contribution in [2.75, 3.05) is 0 Å². The van der Waals surface area contributed by atoms with Gasteiger partial charge in [0.05, 0.1) is 12.4 Å². The van der Waals surface area contributed by atoms with Gasteiger partial charge in [-0.2, -0.15) is 5.16 Å². The summed E-state index contributed by atoms with van der Waals surface area (Å²) in [6.45, 7) is 0. The minimum atomic E-state index is 0.245. The summed E-state index contributed by atoms with van der Waals surface area (Å²) in [7, 11) is 0. The lowest BCUT2D eigenvalue weighted by Crippen LogP contribution is -1.83. The summed E-state index contributed by atoms with van der Waals surface area (Å²) in [4.78, 5) is 17.0. The molecule has 10 heteroatoms. The van der Waals surface area contributed by atoms with E-state index in [1.165, 1.54) is 12.4 Å². The monoisotopic (exact) mass is 350 g/mol. The van der Waals surface area contributed by atoms with Crippen LogP contribution in [0.15, 0.2) is 51.5 Å². The van der Waals surface area contributed by atoms with Crippen LogP contribution in [-0.2, 0) is 0 Å². The highest BCUT2D eigenvalue weighted by molar-refractivity contribution is 6.29. The standard InChI is InChI=1S/C15H7ClN8O/c16-9-5-17-6-10(18-9)21-22-12-8-4-2-1-3-7(8)11-13(12)20-15-14(19-11)23-25-24-15/h1-6H,(H,20,24). The van der Waals surface area contributed by atoms with Gasteiger partial charge in [0.15, 0.2) is 5.82 Å². The number of azo groups is 1. The van der Waals surface area contributed by atoms with Gasteiger partial charge in [0.25, 0.3) is 0 Å². The molecule has 0 fully saturated rings. The van der Waals surface area contributed by atoms with Crippen LogP contribution in [-0.4, -0.2) is 30.2 Å². The number of fused-ring (bicyclic) bond motifs is 4. The minimum absolute atomic E-state index is 0.245. The Hall–Kier alpha value is -3.46. The van der Waals surface area contributed by atoms with Crippen molar-refractivity contribution in [3.05, 3.63) is 41.8 Å². The summed E-state index contributed by atoms with van der Waals surface area (Å²) in [6, 6.07) is 7.72. The normalized spacial score (nSPS) is 12.0. The Morgan fingerprint density at radius 1 is 0.960 bits per heavy atom. The highest BCUT2D eigenvalue weighted by atomic mass is 35.5. The zero-order valence-corrected chi connectivity index (χ0v) is 13.1. The molecular weight excluding hydrogens is 344 g/mol. The van der Waals surface area contributed by atoms with E-state index < -0.39 is 0 Å². The van der Waals surface area contributed by atoms with Gasteiger partial charge in [0.1, 0.15) is 21.9 Å². The molecule has 0 amide bonds. The SMILES string of the molecule is Clc1cncc(N=Nc2c3ccccc3c3nc4no[nH]c4nc23)n1. The van der Waals surface area contributed by atoms with E-state index in [2.05, 4.69) is 40.5 Å². The van der Waals surface area contributed by atoms with Gasteiger partial charge in [-0.15, -0.1) is 10.2 Å². The van der Waals surface area contributed by atoms with Crippen LogP contribution in [0.3, 0.4) is 0 Å². The Bertz CT molecular complexity index is 1270. The molecule has 1 N–H and O–H groups in total. The number of rotatable bonds is 2. The lowest BCUT2D eigenvalue weighted by molar-refractivity contribution is 0.314. The number of aromatic nitrogens is 6. The second-order valence-corrected chi connectivity index (χ2v) is 5.56. The summed E-state index contributed by atoms with van der Waals surface area (Å²) in [5.41, 5.74) is 2.68. The first-order chi connectivity index (χ1) is 12.3. The van der Waals surface area contributed by atoms with Crippen molar-refractivity contribution < 1.29 is 4.63 Å². The van der Waals surface area contributed by atoms with Gasteiger partial charge in [-0.05, 0) is 5.16 Å². The molecule has 9 nitrogen and oxygen atoms in total. The summed E-state index contributed by atoms with van der Waals surface area (Å²) in [6.07, 6.45) is 2.90. The molecule has 120 valence electrons. The topological polar surface area (TPSA) is 118 Å². The third-order valence-electron chi connectivity index (χ3n) is 3.66. The third-order valence-corrected chi connectivity index (χ3v) is 3.84. The molecule has 0 bridgehead atoms. The quantitative estimate of drug-likeness (QED) is 0.478. The molecule has 2 aromatic carbocycles. The Kier molecular flexibility index (Phi) is 2.94. The zero-order chi connectivity index (χ0) is 16.8. The van der Waals surface area contributed by atoms with Crippen molar-refractivity contribution in [3.63, 3.8) is 0 Å². The van der Waals surface area contributed by atoms with E-state index in [1.54, 1.807) is 0 Å². The van der Waals surface area contributed by atoms with E-state index in [4.69, 9.17) is 16.2 Å². The number of hydrogen-bond donors (Lipinski definition) is 1. The van der Waals surface area contributed by atoms with E-state index in [0.29, 0.717) is 33.8 Å². The van der Waals surface area contributed by atoms with Crippen molar-refractivity contribution in [1.82, 2.24) is 30.2 Å². The van der Waals surface area contributed by atoms with Crippen molar-refractivity contribution >= 4 is 56.2 Å². The summed E-state index contributed by atoms with van der Waals surface area (Å²) < 4.78 is 4.81. The van der Waals surface area contributed by atoms with Gasteiger partial charge in [-0.25, -0.2) is 15.0 Å². The predicted octanol–water partition coefficient (Wildman–Crippen LogP) is 4.11. The van der Waals surface area contributed by atoms with Crippen LogP contribution in [0.1, 0.15) is 0 Å². The Labute approximate surface area is 143 Å². The summed E-state index contributed by atoms with van der Waals surface area (Å²) in [5, 5.41) is 16.9. The first-order valence-electron chi connectivity index (χ1n) is 7.21. The number of nitrogens with one attached hydrogen (secondary N) is 1. The van der Waals surface area contributed by atoms with Crippen LogP contribution in [0.5, 0.6) is 0 Å². The Balaban J connectivity index is 1.79. The van der Waals surface area contributed by atoms with Gasteiger partial charge in [0.2, 0.25) is 11.3 Å². The van der Waals surface area contributed by atoms with E-state index in [9.17, 15) is 0 Å². The molecule has 0 aliphatic rings. The average molecular weight is 351 g/mol. The molecule has 0 unspecified atom stereocenters. The molecule has 5 rings (SSSR count). The molecule has 5 aromatic rings. The second kappa shape index (κ2) is 5.28. The molecule has 0 saturated heterocycles. The van der Waals surface area contributed by atoms with Gasteiger partial charge in [-0.3, -0.25) is 9.61 Å². The number of benzene rings is 1. The molecule has 0 aliphatic heterocycles. The van der Waals surface area contributed by atoms with Crippen LogP contribution in [0, 0.1) is 0 Å². The van der Waals surface area contributed by atoms with Gasteiger partial charge in [-0.1, -0.05) is 35.9 Å². The molecule has 0 saturated carbocycles. The first-order valence-corrected chi connectivity index (χ1v) is 7.59. The van der Waals surface area contributed by atoms with Crippen LogP contribution in [0.2, 0.25) is 5.15 Å². The number of aromatic amines is 1. The number of nitrogens with zero attached hydrogens (tertiary/aromatic N) is 7. The van der Waals surface area contributed by atoms with E-state index >= 15 is 0 Å². The molecular formula is C15H7ClN8O. The predicted molar refractivity (Wildman–Crippen MR) is 90.2 cm³/mol. The fourth-order valence-corrected chi connectivity index (χ4v) is 2.77. The van der Waals surface area contributed by atoms with Crippen LogP contribution in [0.4, 0.5) is 11.5 Å². The highest BCUT2D eigenvalue weighted by Crippen LogP contribution is 2.38. The van der Waals surface area contributed by atoms with Gasteiger partial charge >= 0.3 is 0 Å². The maximum atomic E-state index is 5.83. The van der Waals surface area contributed by atoms with Crippen LogP contribution >= 0.6 is 11.6 Å². The lowest BCUT2D eigenvalue weighted by Gasteiger charge is -1.93. The van der Waals surface area contributed by atoms with Gasteiger partial charge < -0.3 is 0 Å². The fraction of sp³-hybridized carbons (Fsp3) is 0. The average Bonchev–Trinajstić information content (AvgIpc) is 3.20. The molecule has 0 atom stereocenters. The number of hydrogen-bond acceptors (Lipinski definition) is 8. The molecule has 0 radical (unpaired) electrons. The van der Waals surface area contributed by atoms with Crippen molar-refractivity contribution in [3.8, 4) is 0 Å². The molecule has 3 heterocycles. The zero-order valence-electron chi connectivity index (χ0n) is 12.4. The largest absolute Gasteiger partial charge is 0.267 e. The summed E-state index contributed by atoms with van der Waals surface area (Å²) in [5.74, 6) is 0.302. The molecule has 0 aliphatic carbocycles. The van der Waals surface area contributed by atoms with E-state index in [0.717, 1.165) is 10.8 Å². The van der Waals surface area contributed by atoms with Crippen LogP contribution < -0.4 is 0 Å². The Morgan fingerprint density at radius 3 is 2.72 bits per heavy atom. The van der Waals surface area contributed by atoms with E-state index in [1.807, 2.05) is 24.3 Å². The molecule has 0 spiro atoms.